The second kappa shape index (κ2) is 9.75. The third-order valence-electron chi connectivity index (χ3n) is 4.07. The largest absolute Gasteiger partial charge is 0.491 e. The first-order valence-electron chi connectivity index (χ1n) is 8.81. The number of hydrogen-bond acceptors (Lipinski definition) is 6. The summed E-state index contributed by atoms with van der Waals surface area (Å²) in [6.07, 6.45) is -0.110. The molecule has 2 aromatic carbocycles. The molecule has 0 aliphatic heterocycles. The van der Waals surface area contributed by atoms with E-state index in [2.05, 4.69) is 0 Å². The number of ether oxygens (including phenoxy) is 2. The van der Waals surface area contributed by atoms with E-state index < -0.39 is 18.4 Å². The number of carbonyl (C=O) groups excluding carboxylic acids is 1. The third-order valence-corrected chi connectivity index (χ3v) is 4.61. The molecule has 9 heteroatoms. The summed E-state index contributed by atoms with van der Waals surface area (Å²) in [4.78, 5) is 35.5. The van der Waals surface area contributed by atoms with Crippen molar-refractivity contribution in [3.63, 3.8) is 0 Å². The normalized spacial score (nSPS) is 10.9. The van der Waals surface area contributed by atoms with Gasteiger partial charge in [0.2, 0.25) is 5.78 Å². The Labute approximate surface area is 180 Å². The molecule has 1 heterocycles. The molecule has 0 saturated carbocycles. The molecular formula is C21H16Cl2O7. The Bertz CT molecular complexity index is 1150. The molecule has 0 aliphatic carbocycles. The van der Waals surface area contributed by atoms with E-state index in [9.17, 15) is 14.4 Å². The highest BCUT2D eigenvalue weighted by Crippen LogP contribution is 2.26. The second-order valence-electron chi connectivity index (χ2n) is 6.24. The van der Waals surface area contributed by atoms with Gasteiger partial charge in [-0.3, -0.25) is 9.59 Å². The van der Waals surface area contributed by atoms with Gasteiger partial charge in [-0.05, 0) is 24.3 Å². The van der Waals surface area contributed by atoms with E-state index in [1.807, 2.05) is 0 Å². The SMILES string of the molecule is O=C(O)COCCOc1cc(Cl)ccc1CC(=O)c1cc(=O)c2cccc(Cl)c2o1. The van der Waals surface area contributed by atoms with E-state index in [1.165, 1.54) is 6.07 Å². The van der Waals surface area contributed by atoms with Gasteiger partial charge < -0.3 is 19.0 Å². The molecule has 3 rings (SSSR count). The molecule has 3 aromatic rings. The van der Waals surface area contributed by atoms with Gasteiger partial charge in [-0.1, -0.05) is 35.3 Å². The van der Waals surface area contributed by atoms with Gasteiger partial charge in [-0.25, -0.2) is 4.79 Å². The molecule has 1 aromatic heterocycles. The number of carboxylic acid groups (broad SMARTS) is 1. The van der Waals surface area contributed by atoms with Crippen LogP contribution in [-0.4, -0.2) is 36.7 Å². The van der Waals surface area contributed by atoms with Gasteiger partial charge >= 0.3 is 5.97 Å². The van der Waals surface area contributed by atoms with Crippen molar-refractivity contribution in [3.05, 3.63) is 74.1 Å². The minimum Gasteiger partial charge on any atom is -0.491 e. The molecule has 0 amide bonds. The van der Waals surface area contributed by atoms with Crippen molar-refractivity contribution in [1.29, 1.82) is 0 Å². The maximum atomic E-state index is 12.8. The molecule has 0 saturated heterocycles. The van der Waals surface area contributed by atoms with Crippen molar-refractivity contribution < 1.29 is 28.6 Å². The highest BCUT2D eigenvalue weighted by atomic mass is 35.5. The van der Waals surface area contributed by atoms with E-state index in [-0.39, 0.29) is 46.8 Å². The van der Waals surface area contributed by atoms with Crippen LogP contribution in [0.2, 0.25) is 10.0 Å². The second-order valence-corrected chi connectivity index (χ2v) is 7.08. The summed E-state index contributed by atoms with van der Waals surface area (Å²) < 4.78 is 16.1. The molecule has 0 aliphatic rings. The lowest BCUT2D eigenvalue weighted by atomic mass is 10.1. The van der Waals surface area contributed by atoms with E-state index >= 15 is 0 Å². The van der Waals surface area contributed by atoms with E-state index in [4.69, 9.17) is 42.2 Å². The Balaban J connectivity index is 1.78. The number of halogens is 2. The minimum absolute atomic E-state index is 0.0459. The smallest absolute Gasteiger partial charge is 0.329 e. The maximum Gasteiger partial charge on any atom is 0.329 e. The number of rotatable bonds is 9. The first kappa shape index (κ1) is 21.8. The average Bonchev–Trinajstić information content (AvgIpc) is 2.70. The van der Waals surface area contributed by atoms with E-state index in [0.717, 1.165) is 6.07 Å². The molecule has 0 unspecified atom stereocenters. The quantitative estimate of drug-likeness (QED) is 0.387. The van der Waals surface area contributed by atoms with E-state index in [1.54, 1.807) is 30.3 Å². The Morgan fingerprint density at radius 2 is 1.87 bits per heavy atom. The zero-order valence-electron chi connectivity index (χ0n) is 15.5. The Kier molecular flexibility index (Phi) is 7.10. The van der Waals surface area contributed by atoms with Crippen LogP contribution in [0.15, 0.2) is 51.7 Å². The lowest BCUT2D eigenvalue weighted by Crippen LogP contribution is -2.14. The Morgan fingerprint density at radius 3 is 2.63 bits per heavy atom. The monoisotopic (exact) mass is 450 g/mol. The van der Waals surface area contributed by atoms with Crippen LogP contribution in [0.1, 0.15) is 16.1 Å². The molecule has 30 heavy (non-hydrogen) atoms. The third kappa shape index (κ3) is 5.38. The summed E-state index contributed by atoms with van der Waals surface area (Å²) in [7, 11) is 0. The first-order chi connectivity index (χ1) is 14.3. The van der Waals surface area contributed by atoms with Crippen LogP contribution in [0.25, 0.3) is 11.0 Å². The van der Waals surface area contributed by atoms with Crippen molar-refractivity contribution in [2.75, 3.05) is 19.8 Å². The number of benzene rings is 2. The number of para-hydroxylation sites is 1. The molecule has 0 spiro atoms. The van der Waals surface area contributed by atoms with Crippen LogP contribution < -0.4 is 10.2 Å². The van der Waals surface area contributed by atoms with Gasteiger partial charge in [0.05, 0.1) is 17.0 Å². The van der Waals surface area contributed by atoms with Crippen molar-refractivity contribution in [3.8, 4) is 5.75 Å². The molecule has 0 radical (unpaired) electrons. The predicted molar refractivity (Wildman–Crippen MR) is 111 cm³/mol. The number of Topliss-reactive ketones (excluding diaryl/α,β-unsaturated/α-hetero) is 1. The fraction of sp³-hybridized carbons (Fsp3) is 0.190. The standard InChI is InChI=1S/C21H16Cl2O7/c22-13-5-4-12(18(9-13)29-7-6-28-11-20(26)27)8-17(25)19-10-16(24)14-2-1-3-15(23)21(14)30-19/h1-5,9-10H,6-8,11H2,(H,26,27). The minimum atomic E-state index is -1.08. The highest BCUT2D eigenvalue weighted by Gasteiger charge is 2.17. The van der Waals surface area contributed by atoms with Crippen molar-refractivity contribution in [1.82, 2.24) is 0 Å². The van der Waals surface area contributed by atoms with Crippen molar-refractivity contribution in [2.24, 2.45) is 0 Å². The number of hydrogen-bond donors (Lipinski definition) is 1. The van der Waals surface area contributed by atoms with Gasteiger partial charge in [0.15, 0.2) is 16.8 Å². The van der Waals surface area contributed by atoms with E-state index in [0.29, 0.717) is 16.3 Å². The van der Waals surface area contributed by atoms with Gasteiger partial charge in [0.1, 0.15) is 19.0 Å². The molecule has 0 bridgehead atoms. The van der Waals surface area contributed by atoms with Crippen LogP contribution in [0.4, 0.5) is 0 Å². The molecule has 7 nitrogen and oxygen atoms in total. The highest BCUT2D eigenvalue weighted by molar-refractivity contribution is 6.34. The van der Waals surface area contributed by atoms with Crippen molar-refractivity contribution in [2.45, 2.75) is 6.42 Å². The zero-order valence-corrected chi connectivity index (χ0v) is 17.0. The lowest BCUT2D eigenvalue weighted by Gasteiger charge is -2.12. The van der Waals surface area contributed by atoms with Crippen LogP contribution in [0.5, 0.6) is 5.75 Å². The summed E-state index contributed by atoms with van der Waals surface area (Å²) in [6.45, 7) is -0.326. The molecular weight excluding hydrogens is 435 g/mol. The van der Waals surface area contributed by atoms with Gasteiger partial charge in [-0.2, -0.15) is 0 Å². The number of ketones is 1. The maximum absolute atomic E-state index is 12.8. The number of aliphatic carboxylic acids is 1. The average molecular weight is 451 g/mol. The molecule has 0 fully saturated rings. The fourth-order valence-corrected chi connectivity index (χ4v) is 3.09. The molecule has 1 N–H and O–H groups in total. The summed E-state index contributed by atoms with van der Waals surface area (Å²) in [5, 5.41) is 9.48. The topological polar surface area (TPSA) is 103 Å². The summed E-state index contributed by atoms with van der Waals surface area (Å²) in [5.41, 5.74) is 0.299. The van der Waals surface area contributed by atoms with Crippen LogP contribution in [0.3, 0.4) is 0 Å². The predicted octanol–water partition coefficient (Wildman–Crippen LogP) is 4.01. The summed E-state index contributed by atoms with van der Waals surface area (Å²) in [6, 6.07) is 10.7. The molecule has 0 atom stereocenters. The molecule has 156 valence electrons. The first-order valence-corrected chi connectivity index (χ1v) is 9.57. The summed E-state index contributed by atoms with van der Waals surface area (Å²) in [5.74, 6) is -1.30. The van der Waals surface area contributed by atoms with Gasteiger partial charge in [-0.15, -0.1) is 0 Å². The Morgan fingerprint density at radius 1 is 1.07 bits per heavy atom. The lowest BCUT2D eigenvalue weighted by molar-refractivity contribution is -0.142. The fourth-order valence-electron chi connectivity index (χ4n) is 2.72. The van der Waals surface area contributed by atoms with Crippen LogP contribution >= 0.6 is 23.2 Å². The van der Waals surface area contributed by atoms with Crippen molar-refractivity contribution >= 4 is 45.9 Å². The number of fused-ring (bicyclic) bond motifs is 1. The van der Waals surface area contributed by atoms with Gasteiger partial charge in [0.25, 0.3) is 0 Å². The zero-order chi connectivity index (χ0) is 21.7. The summed E-state index contributed by atoms with van der Waals surface area (Å²) >= 11 is 12.1. The Hall–Kier alpha value is -2.87. The van der Waals surface area contributed by atoms with Gasteiger partial charge in [0, 0.05) is 23.1 Å². The number of carbonyl (C=O) groups is 2. The van der Waals surface area contributed by atoms with Crippen LogP contribution in [-0.2, 0) is 16.0 Å². The van der Waals surface area contributed by atoms with Crippen LogP contribution in [0, 0.1) is 0 Å². The number of carboxylic acids is 1.